The van der Waals surface area contributed by atoms with Gasteiger partial charge in [-0.15, -0.1) is 35.3 Å². The molecule has 0 bridgehead atoms. The van der Waals surface area contributed by atoms with Crippen LogP contribution in [0.1, 0.15) is 27.2 Å². The molecule has 2 aliphatic rings. The van der Waals surface area contributed by atoms with E-state index in [4.69, 9.17) is 0 Å². The van der Waals surface area contributed by atoms with Crippen LogP contribution in [0.25, 0.3) is 0 Å². The van der Waals surface area contributed by atoms with E-state index in [1.54, 1.807) is 0 Å². The zero-order chi connectivity index (χ0) is 10.2. The van der Waals surface area contributed by atoms with Crippen LogP contribution in [0.4, 0.5) is 0 Å². The van der Waals surface area contributed by atoms with Crippen LogP contribution in [0.15, 0.2) is 0 Å². The lowest BCUT2D eigenvalue weighted by Crippen LogP contribution is -2.29. The van der Waals surface area contributed by atoms with Gasteiger partial charge in [0.25, 0.3) is 0 Å². The van der Waals surface area contributed by atoms with Crippen LogP contribution in [0.5, 0.6) is 0 Å². The highest BCUT2D eigenvalue weighted by molar-refractivity contribution is 8.37. The first kappa shape index (κ1) is 11.9. The molecule has 0 aromatic heterocycles. The van der Waals surface area contributed by atoms with E-state index in [0.29, 0.717) is 8.16 Å². The van der Waals surface area contributed by atoms with Crippen molar-refractivity contribution < 1.29 is 0 Å². The molecular weight excluding hydrogens is 248 g/mol. The summed E-state index contributed by atoms with van der Waals surface area (Å²) in [6, 6.07) is 0. The lowest BCUT2D eigenvalue weighted by Gasteiger charge is -2.28. The second kappa shape index (κ2) is 4.34. The predicted molar refractivity (Wildman–Crippen MR) is 75.9 cm³/mol. The third-order valence-corrected chi connectivity index (χ3v) is 10.6. The van der Waals surface area contributed by atoms with Crippen molar-refractivity contribution >= 4 is 47.0 Å². The summed E-state index contributed by atoms with van der Waals surface area (Å²) in [5, 5.41) is 0.852. The second-order valence-electron chi connectivity index (χ2n) is 4.09. The highest BCUT2D eigenvalue weighted by atomic mass is 32.2. The molecule has 0 N–H and O–H groups in total. The zero-order valence-electron chi connectivity index (χ0n) is 9.04. The number of fused-ring (bicyclic) bond motifs is 1. The molecular formula is C10H18S4. The topological polar surface area (TPSA) is 0 Å². The van der Waals surface area contributed by atoms with Crippen molar-refractivity contribution in [2.45, 2.75) is 40.6 Å². The van der Waals surface area contributed by atoms with Crippen molar-refractivity contribution in [2.75, 3.05) is 17.3 Å². The fourth-order valence-electron chi connectivity index (χ4n) is 1.74. The fraction of sp³-hybridized carbons (Fsp3) is 1.00. The van der Waals surface area contributed by atoms with Crippen molar-refractivity contribution in [3.05, 3.63) is 0 Å². The van der Waals surface area contributed by atoms with E-state index in [1.165, 1.54) is 23.7 Å². The van der Waals surface area contributed by atoms with E-state index in [9.17, 15) is 0 Å². The highest BCUT2D eigenvalue weighted by Crippen LogP contribution is 2.78. The van der Waals surface area contributed by atoms with E-state index < -0.39 is 0 Å². The van der Waals surface area contributed by atoms with Gasteiger partial charge in [0.2, 0.25) is 0 Å². The molecule has 3 atom stereocenters. The number of rotatable bonds is 4. The molecule has 2 rings (SSSR count). The van der Waals surface area contributed by atoms with Gasteiger partial charge < -0.3 is 0 Å². The van der Waals surface area contributed by atoms with Crippen LogP contribution in [0.3, 0.4) is 0 Å². The summed E-state index contributed by atoms with van der Waals surface area (Å²) in [5.74, 6) is 4.02. The van der Waals surface area contributed by atoms with Gasteiger partial charge in [-0.2, -0.15) is 11.8 Å². The third-order valence-electron chi connectivity index (χ3n) is 2.64. The molecule has 14 heavy (non-hydrogen) atoms. The first-order valence-corrected chi connectivity index (χ1v) is 9.05. The maximum absolute atomic E-state index is 2.44. The highest BCUT2D eigenvalue weighted by Gasteiger charge is 2.68. The molecule has 2 heterocycles. The maximum Gasteiger partial charge on any atom is 0.0953 e. The molecule has 0 nitrogen and oxygen atoms in total. The van der Waals surface area contributed by atoms with Gasteiger partial charge in [0, 0.05) is 16.8 Å². The van der Waals surface area contributed by atoms with Crippen LogP contribution in [-0.4, -0.2) is 30.7 Å². The quantitative estimate of drug-likeness (QED) is 0.553. The van der Waals surface area contributed by atoms with Crippen LogP contribution in [-0.2, 0) is 0 Å². The molecule has 0 aromatic rings. The maximum atomic E-state index is 2.44. The molecule has 0 spiro atoms. The predicted octanol–water partition coefficient (Wildman–Crippen LogP) is 4.16. The summed E-state index contributed by atoms with van der Waals surface area (Å²) in [6.07, 6.45) is 1.31. The lowest BCUT2D eigenvalue weighted by molar-refractivity contribution is 0.903. The van der Waals surface area contributed by atoms with Crippen LogP contribution in [0, 0.1) is 0 Å². The van der Waals surface area contributed by atoms with Crippen molar-refractivity contribution in [2.24, 2.45) is 0 Å². The average Bonchev–Trinajstić information content (AvgIpc) is 2.72. The molecule has 0 saturated carbocycles. The van der Waals surface area contributed by atoms with Gasteiger partial charge in [0.05, 0.1) is 8.16 Å². The van der Waals surface area contributed by atoms with Gasteiger partial charge in [0.1, 0.15) is 0 Å². The molecule has 3 unspecified atom stereocenters. The normalized spacial score (nSPS) is 46.1. The summed E-state index contributed by atoms with van der Waals surface area (Å²) in [4.78, 5) is 0. The summed E-state index contributed by atoms with van der Waals surface area (Å²) in [5.41, 5.74) is 0. The fourth-order valence-corrected chi connectivity index (χ4v) is 9.61. The van der Waals surface area contributed by atoms with Crippen molar-refractivity contribution in [3.63, 3.8) is 0 Å². The Balaban J connectivity index is 1.89. The van der Waals surface area contributed by atoms with Crippen LogP contribution < -0.4 is 0 Å². The Morgan fingerprint density at radius 3 is 3.00 bits per heavy atom. The van der Waals surface area contributed by atoms with E-state index >= 15 is 0 Å². The first-order chi connectivity index (χ1) is 6.62. The molecule has 0 aliphatic carbocycles. The van der Waals surface area contributed by atoms with Gasteiger partial charge in [-0.3, -0.25) is 0 Å². The Hall–Kier alpha value is 1.40. The third kappa shape index (κ3) is 2.09. The van der Waals surface area contributed by atoms with Gasteiger partial charge >= 0.3 is 0 Å². The minimum Gasteiger partial charge on any atom is -0.160 e. The number of thioether (sulfide) groups is 4. The minimum absolute atomic E-state index is 0.547. The molecule has 0 aromatic carbocycles. The average molecular weight is 267 g/mol. The summed E-state index contributed by atoms with van der Waals surface area (Å²) < 4.78 is 1.11. The Bertz CT molecular complexity index is 220. The summed E-state index contributed by atoms with van der Waals surface area (Å²) >= 11 is 8.78. The van der Waals surface area contributed by atoms with Gasteiger partial charge in [-0.05, 0) is 19.1 Å². The molecule has 82 valence electrons. The Morgan fingerprint density at radius 2 is 2.29 bits per heavy atom. The SMILES string of the molecule is CCCSCC12SC(C)CSC1(C)S2. The van der Waals surface area contributed by atoms with Gasteiger partial charge in [-0.1, -0.05) is 13.8 Å². The van der Waals surface area contributed by atoms with Gasteiger partial charge in [0.15, 0.2) is 0 Å². The molecule has 2 aliphatic heterocycles. The van der Waals surface area contributed by atoms with E-state index in [1.807, 2.05) is 0 Å². The van der Waals surface area contributed by atoms with Gasteiger partial charge in [-0.25, -0.2) is 0 Å². The molecule has 0 amide bonds. The lowest BCUT2D eigenvalue weighted by atomic mass is 10.3. The largest absolute Gasteiger partial charge is 0.160 e. The van der Waals surface area contributed by atoms with Crippen LogP contribution in [0.2, 0.25) is 0 Å². The Kier molecular flexibility index (Phi) is 3.68. The van der Waals surface area contributed by atoms with E-state index in [2.05, 4.69) is 67.8 Å². The standard InChI is InChI=1S/C10H18S4/c1-4-5-11-7-10-9(3,14-10)12-6-8(2)13-10/h8H,4-7H2,1-3H3. The van der Waals surface area contributed by atoms with E-state index in [-0.39, 0.29) is 0 Å². The van der Waals surface area contributed by atoms with Crippen molar-refractivity contribution in [3.8, 4) is 0 Å². The van der Waals surface area contributed by atoms with Crippen molar-refractivity contribution in [1.82, 2.24) is 0 Å². The molecule has 2 fully saturated rings. The monoisotopic (exact) mass is 266 g/mol. The van der Waals surface area contributed by atoms with E-state index in [0.717, 1.165) is 5.25 Å². The number of hydrogen-bond acceptors (Lipinski definition) is 4. The number of hydrogen-bond donors (Lipinski definition) is 0. The molecule has 2 saturated heterocycles. The molecule has 4 heteroatoms. The summed E-state index contributed by atoms with van der Waals surface area (Å²) in [6.45, 7) is 7.09. The first-order valence-electron chi connectivity index (χ1n) is 5.21. The zero-order valence-corrected chi connectivity index (χ0v) is 12.3. The minimum atomic E-state index is 0.547. The summed E-state index contributed by atoms with van der Waals surface area (Å²) in [7, 11) is 0. The van der Waals surface area contributed by atoms with Crippen LogP contribution >= 0.6 is 47.0 Å². The smallest absolute Gasteiger partial charge is 0.0953 e. The van der Waals surface area contributed by atoms with Crippen molar-refractivity contribution in [1.29, 1.82) is 0 Å². The molecule has 0 radical (unpaired) electrons. The Morgan fingerprint density at radius 1 is 1.50 bits per heavy atom. The Labute approximate surface area is 105 Å². The second-order valence-corrected chi connectivity index (χ2v) is 10.6.